The second-order valence-corrected chi connectivity index (χ2v) is 3.74. The van der Waals surface area contributed by atoms with E-state index in [-0.39, 0.29) is 6.54 Å². The minimum Gasteiger partial charge on any atom is -0.465 e. The molecule has 0 bridgehead atoms. The van der Waals surface area contributed by atoms with E-state index in [9.17, 15) is 9.90 Å². The summed E-state index contributed by atoms with van der Waals surface area (Å²) in [5.74, 6) is 0. The van der Waals surface area contributed by atoms with Crippen molar-refractivity contribution >= 4 is 6.09 Å². The van der Waals surface area contributed by atoms with Gasteiger partial charge in [-0.25, -0.2) is 4.79 Å². The standard InChI is InChI=1S/C8H15NO4/c1-8(2,12)6-5-9(7(10)11)3-4-13-6/h6,12H,3-5H2,1-2H3,(H,10,11). The van der Waals surface area contributed by atoms with Gasteiger partial charge in [-0.05, 0) is 13.8 Å². The molecule has 1 fully saturated rings. The number of carboxylic acid groups (broad SMARTS) is 1. The van der Waals surface area contributed by atoms with Crippen LogP contribution in [0.3, 0.4) is 0 Å². The Kier molecular flexibility index (Phi) is 2.77. The highest BCUT2D eigenvalue weighted by Crippen LogP contribution is 2.17. The van der Waals surface area contributed by atoms with Crippen LogP contribution in [0.5, 0.6) is 0 Å². The van der Waals surface area contributed by atoms with Crippen LogP contribution < -0.4 is 0 Å². The Morgan fingerprint density at radius 2 is 2.23 bits per heavy atom. The monoisotopic (exact) mass is 189 g/mol. The predicted octanol–water partition coefficient (Wildman–Crippen LogP) is 0.136. The summed E-state index contributed by atoms with van der Waals surface area (Å²) in [6.45, 7) is 4.19. The van der Waals surface area contributed by atoms with Gasteiger partial charge in [0, 0.05) is 6.54 Å². The SMILES string of the molecule is CC(C)(O)C1CN(C(=O)O)CCO1. The third kappa shape index (κ3) is 2.57. The molecule has 1 rings (SSSR count). The van der Waals surface area contributed by atoms with E-state index in [1.165, 1.54) is 4.90 Å². The third-order valence-electron chi connectivity index (χ3n) is 2.12. The number of carbonyl (C=O) groups is 1. The fourth-order valence-electron chi connectivity index (χ4n) is 1.25. The maximum absolute atomic E-state index is 10.6. The molecular formula is C8H15NO4. The maximum atomic E-state index is 10.6. The van der Waals surface area contributed by atoms with Crippen LogP contribution in [0, 0.1) is 0 Å². The van der Waals surface area contributed by atoms with E-state index >= 15 is 0 Å². The number of aliphatic hydroxyl groups is 1. The van der Waals surface area contributed by atoms with Crippen LogP contribution in [0.4, 0.5) is 4.79 Å². The second kappa shape index (κ2) is 3.51. The van der Waals surface area contributed by atoms with Crippen LogP contribution in [-0.2, 0) is 4.74 Å². The molecule has 1 saturated heterocycles. The largest absolute Gasteiger partial charge is 0.465 e. The van der Waals surface area contributed by atoms with Gasteiger partial charge in [0.1, 0.15) is 6.10 Å². The molecule has 0 spiro atoms. The first kappa shape index (κ1) is 10.3. The molecule has 13 heavy (non-hydrogen) atoms. The first-order valence-electron chi connectivity index (χ1n) is 4.23. The summed E-state index contributed by atoms with van der Waals surface area (Å²) in [7, 11) is 0. The Labute approximate surface area is 76.9 Å². The van der Waals surface area contributed by atoms with Gasteiger partial charge in [-0.2, -0.15) is 0 Å². The number of ether oxygens (including phenoxy) is 1. The third-order valence-corrected chi connectivity index (χ3v) is 2.12. The molecule has 1 aliphatic rings. The molecule has 76 valence electrons. The lowest BCUT2D eigenvalue weighted by Gasteiger charge is -2.37. The zero-order valence-corrected chi connectivity index (χ0v) is 7.86. The molecule has 1 unspecified atom stereocenters. The van der Waals surface area contributed by atoms with Gasteiger partial charge >= 0.3 is 6.09 Å². The molecule has 1 amide bonds. The van der Waals surface area contributed by atoms with E-state index in [2.05, 4.69) is 0 Å². The van der Waals surface area contributed by atoms with Crippen LogP contribution in [0.1, 0.15) is 13.8 Å². The van der Waals surface area contributed by atoms with Crippen molar-refractivity contribution in [3.8, 4) is 0 Å². The van der Waals surface area contributed by atoms with Crippen LogP contribution >= 0.6 is 0 Å². The van der Waals surface area contributed by atoms with Crippen LogP contribution in [0.25, 0.3) is 0 Å². The molecule has 5 heteroatoms. The molecule has 0 aliphatic carbocycles. The fourth-order valence-corrected chi connectivity index (χ4v) is 1.25. The van der Waals surface area contributed by atoms with Gasteiger partial charge in [0.15, 0.2) is 0 Å². The zero-order valence-electron chi connectivity index (χ0n) is 7.86. The van der Waals surface area contributed by atoms with Gasteiger partial charge in [0.25, 0.3) is 0 Å². The van der Waals surface area contributed by atoms with E-state index in [0.717, 1.165) is 0 Å². The molecule has 0 saturated carbocycles. The second-order valence-electron chi connectivity index (χ2n) is 3.74. The molecule has 0 aromatic rings. The molecule has 1 aliphatic heterocycles. The first-order valence-corrected chi connectivity index (χ1v) is 4.23. The van der Waals surface area contributed by atoms with Gasteiger partial charge in [0.05, 0.1) is 18.8 Å². The summed E-state index contributed by atoms with van der Waals surface area (Å²) in [6, 6.07) is 0. The predicted molar refractivity (Wildman–Crippen MR) is 45.6 cm³/mol. The van der Waals surface area contributed by atoms with Gasteiger partial charge in [0.2, 0.25) is 0 Å². The van der Waals surface area contributed by atoms with Crippen LogP contribution in [0.2, 0.25) is 0 Å². The summed E-state index contributed by atoms with van der Waals surface area (Å²) in [6.07, 6.45) is -1.39. The quantitative estimate of drug-likeness (QED) is 0.615. The zero-order chi connectivity index (χ0) is 10.1. The van der Waals surface area contributed by atoms with Gasteiger partial charge in [-0.15, -0.1) is 0 Å². The van der Waals surface area contributed by atoms with Crippen molar-refractivity contribution in [2.45, 2.75) is 25.6 Å². The van der Waals surface area contributed by atoms with E-state index in [1.54, 1.807) is 13.8 Å². The van der Waals surface area contributed by atoms with Crippen molar-refractivity contribution in [2.24, 2.45) is 0 Å². The lowest BCUT2D eigenvalue weighted by atomic mass is 10.0. The Balaban J connectivity index is 2.57. The maximum Gasteiger partial charge on any atom is 0.407 e. The Bertz CT molecular complexity index is 199. The molecule has 1 atom stereocenters. The molecule has 0 aromatic carbocycles. The van der Waals surface area contributed by atoms with Crippen LogP contribution in [-0.4, -0.2) is 52.6 Å². The Hall–Kier alpha value is -0.810. The number of hydrogen-bond acceptors (Lipinski definition) is 3. The topological polar surface area (TPSA) is 70.0 Å². The van der Waals surface area contributed by atoms with Crippen LogP contribution in [0.15, 0.2) is 0 Å². The molecule has 0 radical (unpaired) electrons. The minimum atomic E-state index is -0.992. The smallest absolute Gasteiger partial charge is 0.407 e. The molecule has 0 aromatic heterocycles. The van der Waals surface area contributed by atoms with Gasteiger partial charge in [-0.1, -0.05) is 0 Å². The highest BCUT2D eigenvalue weighted by atomic mass is 16.5. The van der Waals surface area contributed by atoms with Gasteiger partial charge < -0.3 is 19.8 Å². The summed E-state index contributed by atoms with van der Waals surface area (Å²) in [4.78, 5) is 11.9. The first-order chi connectivity index (χ1) is 5.91. The lowest BCUT2D eigenvalue weighted by molar-refractivity contribution is -0.121. The van der Waals surface area contributed by atoms with E-state index < -0.39 is 17.8 Å². The Morgan fingerprint density at radius 1 is 1.62 bits per heavy atom. The van der Waals surface area contributed by atoms with E-state index in [4.69, 9.17) is 9.84 Å². The highest BCUT2D eigenvalue weighted by molar-refractivity contribution is 5.65. The normalized spacial score (nSPS) is 24.5. The summed E-state index contributed by atoms with van der Waals surface area (Å²) in [5.41, 5.74) is -0.992. The average Bonchev–Trinajstić information content (AvgIpc) is 2.03. The number of hydrogen-bond donors (Lipinski definition) is 2. The van der Waals surface area contributed by atoms with Crippen molar-refractivity contribution in [3.63, 3.8) is 0 Å². The average molecular weight is 189 g/mol. The van der Waals surface area contributed by atoms with Crippen molar-refractivity contribution in [1.29, 1.82) is 0 Å². The number of nitrogens with zero attached hydrogens (tertiary/aromatic N) is 1. The summed E-state index contributed by atoms with van der Waals surface area (Å²) < 4.78 is 5.27. The molecular weight excluding hydrogens is 174 g/mol. The summed E-state index contributed by atoms with van der Waals surface area (Å²) in [5, 5.41) is 18.3. The Morgan fingerprint density at radius 3 is 2.69 bits per heavy atom. The van der Waals surface area contributed by atoms with E-state index in [1.807, 2.05) is 0 Å². The van der Waals surface area contributed by atoms with Crippen molar-refractivity contribution in [2.75, 3.05) is 19.7 Å². The van der Waals surface area contributed by atoms with E-state index in [0.29, 0.717) is 13.2 Å². The lowest BCUT2D eigenvalue weighted by Crippen LogP contribution is -2.53. The van der Waals surface area contributed by atoms with Gasteiger partial charge in [-0.3, -0.25) is 0 Å². The summed E-state index contributed by atoms with van der Waals surface area (Å²) >= 11 is 0. The molecule has 2 N–H and O–H groups in total. The number of morpholine rings is 1. The number of rotatable bonds is 1. The van der Waals surface area contributed by atoms with Crippen molar-refractivity contribution < 1.29 is 19.7 Å². The fraction of sp³-hybridized carbons (Fsp3) is 0.875. The molecule has 5 nitrogen and oxygen atoms in total. The number of amides is 1. The molecule has 1 heterocycles. The highest BCUT2D eigenvalue weighted by Gasteiger charge is 2.33. The van der Waals surface area contributed by atoms with Crippen molar-refractivity contribution in [3.05, 3.63) is 0 Å². The minimum absolute atomic E-state index is 0.235. The van der Waals surface area contributed by atoms with Crippen molar-refractivity contribution in [1.82, 2.24) is 4.90 Å².